The van der Waals surface area contributed by atoms with Gasteiger partial charge in [-0.05, 0) is 61.2 Å². The average molecular weight is 494 g/mol. The Morgan fingerprint density at radius 2 is 1.69 bits per heavy atom. The Morgan fingerprint density at radius 1 is 1.03 bits per heavy atom. The van der Waals surface area contributed by atoms with Gasteiger partial charge in [-0.15, -0.1) is 11.8 Å². The topological polar surface area (TPSA) is 57.9 Å². The van der Waals surface area contributed by atoms with Gasteiger partial charge >= 0.3 is 0 Å². The van der Waals surface area contributed by atoms with E-state index >= 15 is 0 Å². The molecule has 1 fully saturated rings. The molecule has 6 nitrogen and oxygen atoms in total. The lowest BCUT2D eigenvalue weighted by atomic mass is 9.96. The lowest BCUT2D eigenvalue weighted by Gasteiger charge is -2.39. The van der Waals surface area contributed by atoms with E-state index < -0.39 is 0 Å². The number of pyridine rings is 1. The van der Waals surface area contributed by atoms with Crippen LogP contribution >= 0.6 is 11.8 Å². The molecule has 2 aromatic carbocycles. The number of aryl methyl sites for hydroxylation is 1. The highest BCUT2D eigenvalue weighted by Crippen LogP contribution is 2.34. The van der Waals surface area contributed by atoms with Crippen molar-refractivity contribution in [2.24, 2.45) is 0 Å². The molecule has 1 atom stereocenters. The third-order valence-electron chi connectivity index (χ3n) is 6.95. The average Bonchev–Trinajstić information content (AvgIpc) is 2.89. The van der Waals surface area contributed by atoms with E-state index in [0.717, 1.165) is 55.3 Å². The van der Waals surface area contributed by atoms with Crippen molar-refractivity contribution in [3.63, 3.8) is 0 Å². The zero-order valence-electron chi connectivity index (χ0n) is 21.0. The van der Waals surface area contributed by atoms with Gasteiger partial charge in [-0.3, -0.25) is 9.69 Å². The fourth-order valence-electron chi connectivity index (χ4n) is 4.82. The molecular weight excluding hydrogens is 458 g/mol. The van der Waals surface area contributed by atoms with Crippen molar-refractivity contribution in [3.8, 4) is 11.5 Å². The van der Waals surface area contributed by atoms with Crippen molar-refractivity contribution in [2.45, 2.75) is 31.3 Å². The molecule has 0 saturated carbocycles. The van der Waals surface area contributed by atoms with Crippen LogP contribution in [0.2, 0.25) is 0 Å². The Labute approximate surface area is 212 Å². The molecule has 1 aromatic heterocycles. The molecule has 0 unspecified atom stereocenters. The summed E-state index contributed by atoms with van der Waals surface area (Å²) in [5, 5.41) is 11.1. The van der Waals surface area contributed by atoms with Crippen LogP contribution in [0.15, 0.2) is 64.3 Å². The van der Waals surface area contributed by atoms with Crippen LogP contribution in [-0.4, -0.2) is 65.6 Å². The molecule has 0 spiro atoms. The van der Waals surface area contributed by atoms with Crippen LogP contribution in [-0.2, 0) is 6.54 Å². The number of methoxy groups -OCH3 is 1. The number of rotatable bonds is 8. The van der Waals surface area contributed by atoms with Crippen molar-refractivity contribution in [1.82, 2.24) is 14.4 Å². The van der Waals surface area contributed by atoms with Crippen LogP contribution in [0.3, 0.4) is 0 Å². The van der Waals surface area contributed by atoms with Crippen molar-refractivity contribution in [2.75, 3.05) is 46.1 Å². The molecular formula is C28H35N3O3S. The van der Waals surface area contributed by atoms with E-state index in [9.17, 15) is 9.90 Å². The van der Waals surface area contributed by atoms with E-state index in [4.69, 9.17) is 4.74 Å². The second-order valence-electron chi connectivity index (χ2n) is 8.97. The van der Waals surface area contributed by atoms with Gasteiger partial charge < -0.3 is 19.3 Å². The summed E-state index contributed by atoms with van der Waals surface area (Å²) in [7, 11) is 1.64. The molecule has 0 radical (unpaired) electrons. The predicted molar refractivity (Wildman–Crippen MR) is 143 cm³/mol. The Balaban J connectivity index is 1.78. The molecule has 0 amide bonds. The lowest BCUT2D eigenvalue weighted by Crippen LogP contribution is -2.48. The summed E-state index contributed by atoms with van der Waals surface area (Å²) < 4.78 is 7.04. The quantitative estimate of drug-likeness (QED) is 0.471. The lowest BCUT2D eigenvalue weighted by molar-refractivity contribution is 0.111. The van der Waals surface area contributed by atoms with Gasteiger partial charge in [0.05, 0.1) is 25.3 Å². The Morgan fingerprint density at radius 3 is 2.26 bits per heavy atom. The molecule has 2 heterocycles. The number of ether oxygens (including phenoxy) is 1. The highest BCUT2D eigenvalue weighted by molar-refractivity contribution is 7.98. The van der Waals surface area contributed by atoms with Gasteiger partial charge in [0.15, 0.2) is 0 Å². The Kier molecular flexibility index (Phi) is 8.21. The maximum Gasteiger partial charge on any atom is 0.259 e. The smallest absolute Gasteiger partial charge is 0.259 e. The monoisotopic (exact) mass is 493 g/mol. The molecule has 4 rings (SSSR count). The summed E-state index contributed by atoms with van der Waals surface area (Å²) in [6.45, 7) is 9.08. The summed E-state index contributed by atoms with van der Waals surface area (Å²) in [6, 6.07) is 17.5. The molecule has 0 bridgehead atoms. The van der Waals surface area contributed by atoms with Crippen LogP contribution in [0.5, 0.6) is 11.5 Å². The van der Waals surface area contributed by atoms with Crippen molar-refractivity contribution >= 4 is 11.8 Å². The standard InChI is InChI=1S/C28H35N3O3S/c1-5-29-14-16-30(17-15-29)27(22-8-12-24(35-4)13-9-22)26-25(32)18-20(2)31(28(26)33)19-21-6-10-23(34-3)11-7-21/h6-13,18,27,32H,5,14-17,19H2,1-4H3/t27-/m1/s1. The SMILES string of the molecule is CCN1CCN([C@H](c2ccc(SC)cc2)c2c(O)cc(C)n(Cc3ccc(OC)cc3)c2=O)CC1. The molecule has 1 N–H and O–H groups in total. The van der Waals surface area contributed by atoms with Crippen molar-refractivity contribution in [3.05, 3.63) is 87.3 Å². The number of thioether (sulfide) groups is 1. The number of benzene rings is 2. The van der Waals surface area contributed by atoms with Crippen LogP contribution in [0.4, 0.5) is 0 Å². The number of piperazine rings is 1. The van der Waals surface area contributed by atoms with Gasteiger partial charge in [-0.1, -0.05) is 31.2 Å². The first-order valence-electron chi connectivity index (χ1n) is 12.1. The van der Waals surface area contributed by atoms with E-state index in [0.29, 0.717) is 12.1 Å². The second-order valence-corrected chi connectivity index (χ2v) is 9.85. The van der Waals surface area contributed by atoms with E-state index in [1.54, 1.807) is 29.5 Å². The van der Waals surface area contributed by atoms with Crippen LogP contribution in [0, 0.1) is 6.92 Å². The zero-order chi connectivity index (χ0) is 24.9. The molecule has 1 aliphatic rings. The summed E-state index contributed by atoms with van der Waals surface area (Å²) in [4.78, 5) is 19.9. The zero-order valence-corrected chi connectivity index (χ0v) is 21.8. The van der Waals surface area contributed by atoms with Gasteiger partial charge in [0.2, 0.25) is 0 Å². The molecule has 1 aliphatic heterocycles. The first-order valence-corrected chi connectivity index (χ1v) is 13.3. The summed E-state index contributed by atoms with van der Waals surface area (Å²) >= 11 is 1.69. The normalized spacial score (nSPS) is 15.8. The maximum absolute atomic E-state index is 14.0. The van der Waals surface area contributed by atoms with E-state index in [-0.39, 0.29) is 17.4 Å². The highest BCUT2D eigenvalue weighted by Gasteiger charge is 2.31. The minimum Gasteiger partial charge on any atom is -0.507 e. The third-order valence-corrected chi connectivity index (χ3v) is 7.69. The Bertz CT molecular complexity index is 1180. The third kappa shape index (κ3) is 5.58. The van der Waals surface area contributed by atoms with Crippen molar-refractivity contribution < 1.29 is 9.84 Å². The number of hydrogen-bond donors (Lipinski definition) is 1. The van der Waals surface area contributed by atoms with E-state index in [2.05, 4.69) is 47.2 Å². The fraction of sp³-hybridized carbons (Fsp3) is 0.393. The maximum atomic E-state index is 14.0. The molecule has 3 aromatic rings. The molecule has 0 aliphatic carbocycles. The molecule has 35 heavy (non-hydrogen) atoms. The minimum atomic E-state index is -0.305. The van der Waals surface area contributed by atoms with Crippen LogP contribution in [0.1, 0.15) is 35.3 Å². The first-order chi connectivity index (χ1) is 16.9. The summed E-state index contributed by atoms with van der Waals surface area (Å²) in [5.74, 6) is 0.847. The van der Waals surface area contributed by atoms with Gasteiger partial charge in [0.1, 0.15) is 11.5 Å². The fourth-order valence-corrected chi connectivity index (χ4v) is 5.23. The van der Waals surface area contributed by atoms with E-state index in [1.165, 1.54) is 4.90 Å². The molecule has 1 saturated heterocycles. The summed E-state index contributed by atoms with van der Waals surface area (Å²) in [5.41, 5.74) is 3.07. The second kappa shape index (κ2) is 11.3. The van der Waals surface area contributed by atoms with Crippen LogP contribution in [0.25, 0.3) is 0 Å². The largest absolute Gasteiger partial charge is 0.507 e. The van der Waals surface area contributed by atoms with Crippen LogP contribution < -0.4 is 10.3 Å². The van der Waals surface area contributed by atoms with Gasteiger partial charge in [0.25, 0.3) is 5.56 Å². The Hall–Kier alpha value is -2.74. The number of hydrogen-bond acceptors (Lipinski definition) is 6. The van der Waals surface area contributed by atoms with Crippen molar-refractivity contribution in [1.29, 1.82) is 0 Å². The van der Waals surface area contributed by atoms with Gasteiger partial charge in [0, 0.05) is 36.8 Å². The first kappa shape index (κ1) is 25.4. The van der Waals surface area contributed by atoms with E-state index in [1.807, 2.05) is 31.2 Å². The minimum absolute atomic E-state index is 0.0651. The molecule has 186 valence electrons. The highest BCUT2D eigenvalue weighted by atomic mass is 32.2. The summed E-state index contributed by atoms with van der Waals surface area (Å²) in [6.07, 6.45) is 2.06. The van der Waals surface area contributed by atoms with Gasteiger partial charge in [-0.25, -0.2) is 0 Å². The number of likely N-dealkylation sites (N-methyl/N-ethyl adjacent to an activating group) is 1. The molecule has 7 heteroatoms. The number of nitrogens with zero attached hydrogens (tertiary/aromatic N) is 3. The van der Waals surface area contributed by atoms with Gasteiger partial charge in [-0.2, -0.15) is 0 Å². The number of aromatic hydroxyl groups is 1. The predicted octanol–water partition coefficient (Wildman–Crippen LogP) is 4.37. The number of aromatic nitrogens is 1.